The fourth-order valence-corrected chi connectivity index (χ4v) is 1.38. The number of carbonyl (C=O) groups excluding carboxylic acids is 1. The molecule has 1 rings (SSSR count). The average molecular weight is 251 g/mol. The van der Waals surface area contributed by atoms with Crippen LogP contribution in [0, 0.1) is 0 Å². The van der Waals surface area contributed by atoms with Crippen molar-refractivity contribution in [3.05, 3.63) is 29.1 Å². The molecule has 98 valence electrons. The molecule has 0 aliphatic carbocycles. The normalized spacial score (nSPS) is 11.9. The standard InChI is InChI=1S/C12H17N3O3/c1-8(9(2)12(17)18)11(16)13-5-4-10-6-14-15(3)7-10/h6-7H,4-5H2,1-3H3,(H,13,16)(H,17,18). The molecule has 0 atom stereocenters. The molecule has 6 nitrogen and oxygen atoms in total. The van der Waals surface area contributed by atoms with E-state index < -0.39 is 5.97 Å². The number of rotatable bonds is 5. The van der Waals surface area contributed by atoms with Gasteiger partial charge in [0.15, 0.2) is 0 Å². The van der Waals surface area contributed by atoms with E-state index >= 15 is 0 Å². The molecule has 2 N–H and O–H groups in total. The Morgan fingerprint density at radius 2 is 2.06 bits per heavy atom. The molecule has 0 aromatic carbocycles. The van der Waals surface area contributed by atoms with Gasteiger partial charge < -0.3 is 10.4 Å². The largest absolute Gasteiger partial charge is 0.478 e. The molecule has 0 spiro atoms. The third-order valence-corrected chi connectivity index (χ3v) is 2.68. The number of nitrogens with one attached hydrogen (secondary N) is 1. The lowest BCUT2D eigenvalue weighted by atomic mass is 10.1. The molecule has 6 heteroatoms. The van der Waals surface area contributed by atoms with Crippen LogP contribution in [0.5, 0.6) is 0 Å². The van der Waals surface area contributed by atoms with Crippen molar-refractivity contribution in [2.75, 3.05) is 6.54 Å². The summed E-state index contributed by atoms with van der Waals surface area (Å²) >= 11 is 0. The molecule has 0 aliphatic heterocycles. The first-order valence-electron chi connectivity index (χ1n) is 5.58. The number of carbonyl (C=O) groups is 2. The highest BCUT2D eigenvalue weighted by Crippen LogP contribution is 2.03. The first kappa shape index (κ1) is 14.0. The van der Waals surface area contributed by atoms with Gasteiger partial charge in [0.2, 0.25) is 5.91 Å². The predicted octanol–water partition coefficient (Wildman–Crippen LogP) is 0.500. The van der Waals surface area contributed by atoms with Crippen LogP contribution in [0.1, 0.15) is 19.4 Å². The number of aliphatic carboxylic acids is 1. The van der Waals surface area contributed by atoms with Crippen LogP contribution in [0.25, 0.3) is 0 Å². The van der Waals surface area contributed by atoms with Crippen LogP contribution >= 0.6 is 0 Å². The summed E-state index contributed by atoms with van der Waals surface area (Å²) in [4.78, 5) is 22.3. The first-order valence-corrected chi connectivity index (χ1v) is 5.58. The van der Waals surface area contributed by atoms with Gasteiger partial charge in [-0.3, -0.25) is 9.48 Å². The number of carboxylic acids is 1. The highest BCUT2D eigenvalue weighted by Gasteiger charge is 2.11. The van der Waals surface area contributed by atoms with Gasteiger partial charge in [0.1, 0.15) is 0 Å². The fraction of sp³-hybridized carbons (Fsp3) is 0.417. The van der Waals surface area contributed by atoms with Crippen molar-refractivity contribution in [2.45, 2.75) is 20.3 Å². The van der Waals surface area contributed by atoms with E-state index in [1.807, 2.05) is 13.2 Å². The Balaban J connectivity index is 2.47. The molecule has 1 heterocycles. The van der Waals surface area contributed by atoms with Crippen molar-refractivity contribution in [1.29, 1.82) is 0 Å². The Labute approximate surface area is 105 Å². The van der Waals surface area contributed by atoms with Crippen molar-refractivity contribution in [2.24, 2.45) is 7.05 Å². The third kappa shape index (κ3) is 3.73. The summed E-state index contributed by atoms with van der Waals surface area (Å²) in [7, 11) is 1.82. The summed E-state index contributed by atoms with van der Waals surface area (Å²) in [6, 6.07) is 0. The minimum Gasteiger partial charge on any atom is -0.478 e. The maximum absolute atomic E-state index is 11.6. The van der Waals surface area contributed by atoms with Gasteiger partial charge in [-0.15, -0.1) is 0 Å². The van der Waals surface area contributed by atoms with Gasteiger partial charge in [-0.25, -0.2) is 4.79 Å². The van der Waals surface area contributed by atoms with Crippen LogP contribution in [-0.4, -0.2) is 33.3 Å². The fourth-order valence-electron chi connectivity index (χ4n) is 1.38. The maximum atomic E-state index is 11.6. The Hall–Kier alpha value is -2.11. The van der Waals surface area contributed by atoms with Crippen molar-refractivity contribution < 1.29 is 14.7 Å². The zero-order valence-electron chi connectivity index (χ0n) is 10.7. The molecule has 0 bridgehead atoms. The SMILES string of the molecule is CC(C(=O)O)=C(C)C(=O)NCCc1cnn(C)c1. The maximum Gasteiger partial charge on any atom is 0.331 e. The molecular formula is C12H17N3O3. The second-order valence-corrected chi connectivity index (χ2v) is 4.08. The number of hydrogen-bond acceptors (Lipinski definition) is 3. The molecule has 0 unspecified atom stereocenters. The highest BCUT2D eigenvalue weighted by molar-refractivity contribution is 6.01. The smallest absolute Gasteiger partial charge is 0.331 e. The molecule has 1 aromatic heterocycles. The summed E-state index contributed by atoms with van der Waals surface area (Å²) in [5.74, 6) is -1.42. The molecule has 1 amide bonds. The Morgan fingerprint density at radius 1 is 1.39 bits per heavy atom. The number of hydrogen-bond donors (Lipinski definition) is 2. The first-order chi connectivity index (χ1) is 8.41. The second-order valence-electron chi connectivity index (χ2n) is 4.08. The molecule has 1 aromatic rings. The van der Waals surface area contributed by atoms with E-state index in [0.717, 1.165) is 5.56 Å². The summed E-state index contributed by atoms with van der Waals surface area (Å²) in [5.41, 5.74) is 1.32. The molecule has 18 heavy (non-hydrogen) atoms. The van der Waals surface area contributed by atoms with Crippen LogP contribution < -0.4 is 5.32 Å². The van der Waals surface area contributed by atoms with Crippen molar-refractivity contribution in [1.82, 2.24) is 15.1 Å². The van der Waals surface area contributed by atoms with Gasteiger partial charge in [-0.05, 0) is 25.8 Å². The van der Waals surface area contributed by atoms with Crippen LogP contribution in [0.4, 0.5) is 0 Å². The Kier molecular flexibility index (Phi) is 4.65. The number of nitrogens with zero attached hydrogens (tertiary/aromatic N) is 2. The van der Waals surface area contributed by atoms with E-state index in [1.54, 1.807) is 10.9 Å². The van der Waals surface area contributed by atoms with E-state index in [2.05, 4.69) is 10.4 Å². The van der Waals surface area contributed by atoms with Gasteiger partial charge in [-0.2, -0.15) is 5.10 Å². The van der Waals surface area contributed by atoms with Gasteiger partial charge in [0, 0.05) is 30.9 Å². The zero-order valence-corrected chi connectivity index (χ0v) is 10.7. The average Bonchev–Trinajstić information content (AvgIpc) is 2.72. The van der Waals surface area contributed by atoms with E-state index in [4.69, 9.17) is 5.11 Å². The number of aryl methyl sites for hydroxylation is 1. The molecule has 0 aliphatic rings. The summed E-state index contributed by atoms with van der Waals surface area (Å²) in [6.07, 6.45) is 4.27. The van der Waals surface area contributed by atoms with Crippen molar-refractivity contribution >= 4 is 11.9 Å². The van der Waals surface area contributed by atoms with Crippen LogP contribution in [0.15, 0.2) is 23.5 Å². The number of aromatic nitrogens is 2. The zero-order chi connectivity index (χ0) is 13.7. The molecule has 0 fully saturated rings. The van der Waals surface area contributed by atoms with Crippen LogP contribution in [0.2, 0.25) is 0 Å². The molecular weight excluding hydrogens is 234 g/mol. The second kappa shape index (κ2) is 6.00. The summed E-state index contributed by atoms with van der Waals surface area (Å²) in [5, 5.41) is 15.5. The van der Waals surface area contributed by atoms with Gasteiger partial charge in [0.05, 0.1) is 6.20 Å². The lowest BCUT2D eigenvalue weighted by molar-refractivity contribution is -0.133. The van der Waals surface area contributed by atoms with Crippen molar-refractivity contribution in [3.8, 4) is 0 Å². The predicted molar refractivity (Wildman–Crippen MR) is 65.9 cm³/mol. The number of carboxylic acid groups (broad SMARTS) is 1. The van der Waals surface area contributed by atoms with E-state index in [9.17, 15) is 9.59 Å². The van der Waals surface area contributed by atoms with E-state index in [-0.39, 0.29) is 17.1 Å². The van der Waals surface area contributed by atoms with Crippen LogP contribution in [-0.2, 0) is 23.1 Å². The Bertz CT molecular complexity index is 489. The lowest BCUT2D eigenvalue weighted by Gasteiger charge is -2.06. The quantitative estimate of drug-likeness (QED) is 0.746. The van der Waals surface area contributed by atoms with Gasteiger partial charge in [-0.1, -0.05) is 0 Å². The molecule has 0 saturated heterocycles. The van der Waals surface area contributed by atoms with E-state index in [1.165, 1.54) is 13.8 Å². The van der Waals surface area contributed by atoms with Crippen LogP contribution in [0.3, 0.4) is 0 Å². The summed E-state index contributed by atoms with van der Waals surface area (Å²) in [6.45, 7) is 3.37. The topological polar surface area (TPSA) is 84.2 Å². The minimum absolute atomic E-state index is 0.0638. The number of amides is 1. The highest BCUT2D eigenvalue weighted by atomic mass is 16.4. The summed E-state index contributed by atoms with van der Waals surface area (Å²) < 4.78 is 1.69. The lowest BCUT2D eigenvalue weighted by Crippen LogP contribution is -2.27. The van der Waals surface area contributed by atoms with Crippen molar-refractivity contribution in [3.63, 3.8) is 0 Å². The Morgan fingerprint density at radius 3 is 2.56 bits per heavy atom. The molecule has 0 radical (unpaired) electrons. The molecule has 0 saturated carbocycles. The monoisotopic (exact) mass is 251 g/mol. The van der Waals surface area contributed by atoms with Gasteiger partial charge >= 0.3 is 5.97 Å². The van der Waals surface area contributed by atoms with Gasteiger partial charge in [0.25, 0.3) is 0 Å². The third-order valence-electron chi connectivity index (χ3n) is 2.68. The minimum atomic E-state index is -1.07. The van der Waals surface area contributed by atoms with E-state index in [0.29, 0.717) is 13.0 Å².